The molecule has 0 unspecified atom stereocenters. The molecular formula is C16H19BrN4O3. The zero-order chi connectivity index (χ0) is 16.9. The predicted molar refractivity (Wildman–Crippen MR) is 88.4 cm³/mol. The highest BCUT2D eigenvalue weighted by molar-refractivity contribution is 9.10. The summed E-state index contributed by atoms with van der Waals surface area (Å²) in [5.41, 5.74) is 0.249. The lowest BCUT2D eigenvalue weighted by molar-refractivity contribution is -0.108. The lowest BCUT2D eigenvalue weighted by atomic mass is 9.57. The first-order chi connectivity index (χ1) is 11.4. The summed E-state index contributed by atoms with van der Waals surface area (Å²) in [6, 6.07) is 1.78. The summed E-state index contributed by atoms with van der Waals surface area (Å²) in [6.07, 6.45) is 4.77. The summed E-state index contributed by atoms with van der Waals surface area (Å²) < 4.78 is 13.6. The fourth-order valence-electron chi connectivity index (χ4n) is 3.91. The second kappa shape index (κ2) is 5.70. The summed E-state index contributed by atoms with van der Waals surface area (Å²) in [7, 11) is 0. The monoisotopic (exact) mass is 394 g/mol. The molecule has 128 valence electrons. The highest BCUT2D eigenvalue weighted by atomic mass is 79.9. The molecule has 2 aromatic rings. The molecule has 2 aliphatic rings. The molecule has 0 spiro atoms. The molecule has 2 fully saturated rings. The van der Waals surface area contributed by atoms with Crippen molar-refractivity contribution in [3.8, 4) is 0 Å². The third kappa shape index (κ3) is 2.57. The molecule has 8 heteroatoms. The molecule has 4 rings (SSSR count). The van der Waals surface area contributed by atoms with Crippen LogP contribution in [0.15, 0.2) is 27.5 Å². The van der Waals surface area contributed by atoms with E-state index in [0.717, 1.165) is 17.5 Å². The van der Waals surface area contributed by atoms with E-state index in [-0.39, 0.29) is 23.5 Å². The quantitative estimate of drug-likeness (QED) is 0.859. The summed E-state index contributed by atoms with van der Waals surface area (Å²) in [5, 5.41) is 11.2. The van der Waals surface area contributed by atoms with Crippen molar-refractivity contribution in [2.45, 2.75) is 39.0 Å². The lowest BCUT2D eigenvalue weighted by Crippen LogP contribution is -2.66. The van der Waals surface area contributed by atoms with Gasteiger partial charge in [-0.3, -0.25) is 9.48 Å². The van der Waals surface area contributed by atoms with E-state index in [1.54, 1.807) is 16.9 Å². The Balaban J connectivity index is 1.42. The van der Waals surface area contributed by atoms with Crippen LogP contribution in [0.25, 0.3) is 0 Å². The maximum absolute atomic E-state index is 12.5. The molecule has 24 heavy (non-hydrogen) atoms. The first kappa shape index (κ1) is 15.8. The zero-order valence-corrected chi connectivity index (χ0v) is 15.1. The molecule has 3 atom stereocenters. The maximum Gasteiger partial charge on any atom is 0.273 e. The largest absolute Gasteiger partial charge is 0.377 e. The Morgan fingerprint density at radius 3 is 3.12 bits per heavy atom. The molecule has 1 aliphatic carbocycles. The van der Waals surface area contributed by atoms with Gasteiger partial charge in [-0.2, -0.15) is 5.10 Å². The number of nitrogens with one attached hydrogen (secondary N) is 1. The number of carbonyl (C=O) groups excluding carboxylic acids is 1. The molecule has 0 aromatic carbocycles. The van der Waals surface area contributed by atoms with Gasteiger partial charge in [-0.1, -0.05) is 19.0 Å². The van der Waals surface area contributed by atoms with E-state index in [1.807, 2.05) is 6.20 Å². The number of rotatable bonds is 4. The fourth-order valence-corrected chi connectivity index (χ4v) is 4.24. The zero-order valence-electron chi connectivity index (χ0n) is 13.5. The van der Waals surface area contributed by atoms with E-state index in [9.17, 15) is 4.79 Å². The van der Waals surface area contributed by atoms with Gasteiger partial charge in [0.2, 0.25) is 0 Å². The van der Waals surface area contributed by atoms with E-state index in [2.05, 4.69) is 45.3 Å². The molecule has 0 bridgehead atoms. The van der Waals surface area contributed by atoms with E-state index >= 15 is 0 Å². The Labute approximate surface area is 147 Å². The standard InChI is InChI=1S/C16H19BrN4O3/c1-16(2)13(11-3-4-23-14(11)16)19-15(22)12-5-10(24-20-12)8-21-7-9(17)6-18-21/h5-7,11,13-14H,3-4,8H2,1-2H3,(H,19,22)/t11-,13-,14+/m1/s1. The fraction of sp³-hybridized carbons (Fsp3) is 0.562. The number of hydrogen-bond acceptors (Lipinski definition) is 5. The summed E-state index contributed by atoms with van der Waals surface area (Å²) >= 11 is 3.34. The van der Waals surface area contributed by atoms with Crippen LogP contribution in [-0.4, -0.2) is 39.6 Å². The molecule has 7 nitrogen and oxygen atoms in total. The first-order valence-corrected chi connectivity index (χ1v) is 8.80. The second-order valence-corrected chi connectivity index (χ2v) is 7.97. The van der Waals surface area contributed by atoms with Gasteiger partial charge in [0.05, 0.1) is 16.8 Å². The topological polar surface area (TPSA) is 82.2 Å². The average Bonchev–Trinajstić information content (AvgIpc) is 3.25. The van der Waals surface area contributed by atoms with Gasteiger partial charge in [0.1, 0.15) is 6.54 Å². The summed E-state index contributed by atoms with van der Waals surface area (Å²) in [5.74, 6) is 0.789. The highest BCUT2D eigenvalue weighted by Gasteiger charge is 2.59. The van der Waals surface area contributed by atoms with Gasteiger partial charge in [0, 0.05) is 36.2 Å². The van der Waals surface area contributed by atoms with E-state index in [4.69, 9.17) is 9.26 Å². The molecule has 1 saturated carbocycles. The van der Waals surface area contributed by atoms with Crippen LogP contribution in [0.5, 0.6) is 0 Å². The first-order valence-electron chi connectivity index (χ1n) is 8.01. The molecule has 1 N–H and O–H groups in total. The molecule has 0 radical (unpaired) electrons. The van der Waals surface area contributed by atoms with Crippen molar-refractivity contribution in [2.24, 2.45) is 11.3 Å². The Morgan fingerprint density at radius 1 is 1.54 bits per heavy atom. The van der Waals surface area contributed by atoms with Gasteiger partial charge in [-0.05, 0) is 22.4 Å². The molecule has 1 aliphatic heterocycles. The number of fused-ring (bicyclic) bond motifs is 1. The van der Waals surface area contributed by atoms with Crippen molar-refractivity contribution in [1.82, 2.24) is 20.3 Å². The Morgan fingerprint density at radius 2 is 2.38 bits per heavy atom. The van der Waals surface area contributed by atoms with Crippen LogP contribution < -0.4 is 5.32 Å². The van der Waals surface area contributed by atoms with Crippen molar-refractivity contribution in [3.63, 3.8) is 0 Å². The van der Waals surface area contributed by atoms with Crippen LogP contribution in [0, 0.1) is 11.3 Å². The summed E-state index contributed by atoms with van der Waals surface area (Å²) in [4.78, 5) is 12.5. The highest BCUT2D eigenvalue weighted by Crippen LogP contribution is 2.52. The lowest BCUT2D eigenvalue weighted by Gasteiger charge is -2.54. The van der Waals surface area contributed by atoms with Gasteiger partial charge in [0.25, 0.3) is 5.91 Å². The SMILES string of the molecule is CC1(C)[C@H](NC(=O)c2cc(Cn3cc(Br)cn3)on2)[C@H]2CCO[C@@H]21. The second-order valence-electron chi connectivity index (χ2n) is 7.05. The van der Waals surface area contributed by atoms with Crippen LogP contribution in [0.2, 0.25) is 0 Å². The van der Waals surface area contributed by atoms with Crippen LogP contribution in [0.4, 0.5) is 0 Å². The number of aromatic nitrogens is 3. The van der Waals surface area contributed by atoms with Crippen LogP contribution in [0.3, 0.4) is 0 Å². The molecule has 1 amide bonds. The maximum atomic E-state index is 12.5. The minimum atomic E-state index is -0.199. The normalized spacial score (nSPS) is 27.5. The van der Waals surface area contributed by atoms with Crippen LogP contribution in [0.1, 0.15) is 36.5 Å². The molecule has 3 heterocycles. The molecule has 1 saturated heterocycles. The van der Waals surface area contributed by atoms with E-state index in [0.29, 0.717) is 23.9 Å². The van der Waals surface area contributed by atoms with E-state index in [1.165, 1.54) is 0 Å². The van der Waals surface area contributed by atoms with Gasteiger partial charge >= 0.3 is 0 Å². The van der Waals surface area contributed by atoms with E-state index < -0.39 is 0 Å². The number of hydrogen-bond donors (Lipinski definition) is 1. The number of nitrogens with zero attached hydrogens (tertiary/aromatic N) is 3. The number of halogens is 1. The third-order valence-electron chi connectivity index (χ3n) is 5.10. The van der Waals surface area contributed by atoms with Crippen molar-refractivity contribution in [2.75, 3.05) is 6.61 Å². The Bertz CT molecular complexity index is 769. The smallest absolute Gasteiger partial charge is 0.273 e. The van der Waals surface area contributed by atoms with Gasteiger partial charge < -0.3 is 14.6 Å². The molecule has 2 aromatic heterocycles. The van der Waals surface area contributed by atoms with Crippen LogP contribution >= 0.6 is 15.9 Å². The van der Waals surface area contributed by atoms with Gasteiger partial charge in [0.15, 0.2) is 11.5 Å². The van der Waals surface area contributed by atoms with Crippen molar-refractivity contribution < 1.29 is 14.1 Å². The van der Waals surface area contributed by atoms with Gasteiger partial charge in [-0.15, -0.1) is 0 Å². The number of ether oxygens (including phenoxy) is 1. The Hall–Kier alpha value is -1.67. The minimum absolute atomic E-state index is 0.0509. The summed E-state index contributed by atoms with van der Waals surface area (Å²) in [6.45, 7) is 5.47. The van der Waals surface area contributed by atoms with Crippen LogP contribution in [-0.2, 0) is 11.3 Å². The third-order valence-corrected chi connectivity index (χ3v) is 5.51. The van der Waals surface area contributed by atoms with Crippen molar-refractivity contribution in [1.29, 1.82) is 0 Å². The minimum Gasteiger partial charge on any atom is -0.377 e. The molecular weight excluding hydrogens is 376 g/mol. The number of carbonyl (C=O) groups is 1. The Kier molecular flexibility index (Phi) is 3.76. The predicted octanol–water partition coefficient (Wildman–Crippen LogP) is 2.23. The van der Waals surface area contributed by atoms with Gasteiger partial charge in [-0.25, -0.2) is 0 Å². The van der Waals surface area contributed by atoms with Crippen molar-refractivity contribution >= 4 is 21.8 Å². The van der Waals surface area contributed by atoms with Crippen molar-refractivity contribution in [3.05, 3.63) is 34.4 Å². The average molecular weight is 395 g/mol. The number of amides is 1.